The summed E-state index contributed by atoms with van der Waals surface area (Å²) in [5, 5.41) is 0. The molecule has 1 aliphatic rings. The Balaban J connectivity index is 1.92. The maximum Gasteiger partial charge on any atom is 0.401 e. The second-order valence-corrected chi connectivity index (χ2v) is 4.84. The van der Waals surface area contributed by atoms with Gasteiger partial charge >= 0.3 is 6.18 Å². The number of hydrogen-bond acceptors (Lipinski definition) is 4. The van der Waals surface area contributed by atoms with Gasteiger partial charge in [0.25, 0.3) is 0 Å². The zero-order valence-corrected chi connectivity index (χ0v) is 11.2. The number of Topliss-reactive ketones (excluding diaryl/α,β-unsaturated/α-hetero) is 1. The number of ketones is 1. The molecule has 0 saturated carbocycles. The maximum absolute atomic E-state index is 12.3. The molecule has 1 fully saturated rings. The molecule has 0 bridgehead atoms. The van der Waals surface area contributed by atoms with Crippen LogP contribution in [0.4, 0.5) is 18.9 Å². The van der Waals surface area contributed by atoms with Crippen molar-refractivity contribution in [2.45, 2.75) is 13.1 Å². The number of pyridine rings is 1. The van der Waals surface area contributed by atoms with E-state index in [1.807, 2.05) is 4.90 Å². The number of rotatable bonds is 3. The second kappa shape index (κ2) is 5.78. The van der Waals surface area contributed by atoms with E-state index in [1.54, 1.807) is 18.3 Å². The van der Waals surface area contributed by atoms with E-state index in [1.165, 1.54) is 11.8 Å². The van der Waals surface area contributed by atoms with E-state index in [2.05, 4.69) is 4.98 Å². The first-order chi connectivity index (χ1) is 9.35. The van der Waals surface area contributed by atoms with Crippen LogP contribution < -0.4 is 4.90 Å². The normalized spacial score (nSPS) is 17.3. The number of carbonyl (C=O) groups is 1. The van der Waals surface area contributed by atoms with Gasteiger partial charge in [0.15, 0.2) is 5.78 Å². The fourth-order valence-corrected chi connectivity index (χ4v) is 2.20. The van der Waals surface area contributed by atoms with Gasteiger partial charge in [0.1, 0.15) is 5.69 Å². The number of aromatic nitrogens is 1. The molecular weight excluding hydrogens is 271 g/mol. The fourth-order valence-electron chi connectivity index (χ4n) is 2.20. The van der Waals surface area contributed by atoms with Crippen molar-refractivity contribution in [2.75, 3.05) is 37.6 Å². The van der Waals surface area contributed by atoms with Crippen LogP contribution in [0.2, 0.25) is 0 Å². The van der Waals surface area contributed by atoms with E-state index in [9.17, 15) is 18.0 Å². The molecule has 0 unspecified atom stereocenters. The van der Waals surface area contributed by atoms with Crippen LogP contribution in [0.15, 0.2) is 18.3 Å². The zero-order valence-electron chi connectivity index (χ0n) is 11.2. The lowest BCUT2D eigenvalue weighted by Crippen LogP contribution is -2.49. The van der Waals surface area contributed by atoms with Crippen LogP contribution in [0.1, 0.15) is 17.4 Å². The summed E-state index contributed by atoms with van der Waals surface area (Å²) in [5.41, 5.74) is 1.23. The molecule has 7 heteroatoms. The highest BCUT2D eigenvalue weighted by molar-refractivity contribution is 5.92. The molecule has 0 N–H and O–H groups in total. The van der Waals surface area contributed by atoms with Crippen LogP contribution >= 0.6 is 0 Å². The van der Waals surface area contributed by atoms with Crippen LogP contribution in [0.5, 0.6) is 0 Å². The van der Waals surface area contributed by atoms with Gasteiger partial charge in [0.05, 0.1) is 18.4 Å². The molecule has 1 saturated heterocycles. The Morgan fingerprint density at radius 1 is 1.25 bits per heavy atom. The molecule has 0 atom stereocenters. The molecule has 0 spiro atoms. The second-order valence-electron chi connectivity index (χ2n) is 4.84. The third-order valence-corrected chi connectivity index (χ3v) is 3.25. The first-order valence-corrected chi connectivity index (χ1v) is 6.36. The third kappa shape index (κ3) is 3.93. The summed E-state index contributed by atoms with van der Waals surface area (Å²) in [6.45, 7) is 2.37. The molecule has 0 radical (unpaired) electrons. The number of halogens is 3. The van der Waals surface area contributed by atoms with Crippen molar-refractivity contribution in [3.05, 3.63) is 24.0 Å². The average molecular weight is 287 g/mol. The number of anilines is 1. The van der Waals surface area contributed by atoms with E-state index >= 15 is 0 Å². The molecule has 110 valence electrons. The minimum Gasteiger partial charge on any atom is -0.368 e. The summed E-state index contributed by atoms with van der Waals surface area (Å²) in [6.07, 6.45) is -2.55. The SMILES string of the molecule is CC(=O)c1ccc(N2CCN(CC(F)(F)F)CC2)cn1. The minimum absolute atomic E-state index is 0.105. The summed E-state index contributed by atoms with van der Waals surface area (Å²) >= 11 is 0. The van der Waals surface area contributed by atoms with Gasteiger partial charge in [-0.25, -0.2) is 0 Å². The van der Waals surface area contributed by atoms with Crippen LogP contribution in [-0.2, 0) is 0 Å². The quantitative estimate of drug-likeness (QED) is 0.796. The summed E-state index contributed by atoms with van der Waals surface area (Å²) in [7, 11) is 0. The van der Waals surface area contributed by atoms with Crippen molar-refractivity contribution in [1.82, 2.24) is 9.88 Å². The van der Waals surface area contributed by atoms with Crippen LogP contribution in [0, 0.1) is 0 Å². The van der Waals surface area contributed by atoms with Crippen molar-refractivity contribution >= 4 is 11.5 Å². The molecule has 20 heavy (non-hydrogen) atoms. The smallest absolute Gasteiger partial charge is 0.368 e. The first kappa shape index (κ1) is 14.8. The summed E-state index contributed by atoms with van der Waals surface area (Å²) in [5.74, 6) is -0.105. The number of nitrogens with zero attached hydrogens (tertiary/aromatic N) is 3. The Morgan fingerprint density at radius 2 is 1.90 bits per heavy atom. The van der Waals surface area contributed by atoms with Gasteiger partial charge < -0.3 is 4.90 Å². The molecule has 0 aromatic carbocycles. The summed E-state index contributed by atoms with van der Waals surface area (Å²) < 4.78 is 36.8. The minimum atomic E-state index is -4.15. The van der Waals surface area contributed by atoms with E-state index in [0.717, 1.165) is 5.69 Å². The topological polar surface area (TPSA) is 36.4 Å². The molecule has 2 heterocycles. The Bertz CT molecular complexity index is 465. The molecule has 4 nitrogen and oxygen atoms in total. The van der Waals surface area contributed by atoms with Crippen molar-refractivity contribution in [2.24, 2.45) is 0 Å². The lowest BCUT2D eigenvalue weighted by molar-refractivity contribution is -0.146. The van der Waals surface area contributed by atoms with Gasteiger partial charge in [0, 0.05) is 33.1 Å². The summed E-state index contributed by atoms with van der Waals surface area (Å²) in [6, 6.07) is 3.42. The van der Waals surface area contributed by atoms with Crippen LogP contribution in [0.25, 0.3) is 0 Å². The standard InChI is InChI=1S/C13H16F3N3O/c1-10(20)12-3-2-11(8-17-12)19-6-4-18(5-7-19)9-13(14,15)16/h2-3,8H,4-7,9H2,1H3. The predicted molar refractivity (Wildman–Crippen MR) is 68.9 cm³/mol. The molecule has 0 amide bonds. The van der Waals surface area contributed by atoms with Gasteiger partial charge in [-0.2, -0.15) is 13.2 Å². The number of alkyl halides is 3. The lowest BCUT2D eigenvalue weighted by atomic mass is 10.2. The Morgan fingerprint density at radius 3 is 2.35 bits per heavy atom. The Kier molecular flexibility index (Phi) is 4.27. The lowest BCUT2D eigenvalue weighted by Gasteiger charge is -2.36. The largest absolute Gasteiger partial charge is 0.401 e. The molecular formula is C13H16F3N3O. The highest BCUT2D eigenvalue weighted by Crippen LogP contribution is 2.20. The fraction of sp³-hybridized carbons (Fsp3) is 0.538. The van der Waals surface area contributed by atoms with Crippen LogP contribution in [-0.4, -0.2) is 54.6 Å². The Labute approximate surface area is 115 Å². The Hall–Kier alpha value is -1.63. The van der Waals surface area contributed by atoms with Gasteiger partial charge in [-0.05, 0) is 12.1 Å². The maximum atomic E-state index is 12.3. The van der Waals surface area contributed by atoms with E-state index in [0.29, 0.717) is 31.9 Å². The van der Waals surface area contributed by atoms with E-state index in [-0.39, 0.29) is 5.78 Å². The predicted octanol–water partition coefficient (Wildman–Crippen LogP) is 1.97. The highest BCUT2D eigenvalue weighted by atomic mass is 19.4. The first-order valence-electron chi connectivity index (χ1n) is 6.36. The van der Waals surface area contributed by atoms with Crippen molar-refractivity contribution < 1.29 is 18.0 Å². The monoisotopic (exact) mass is 287 g/mol. The molecule has 2 rings (SSSR count). The van der Waals surface area contributed by atoms with Gasteiger partial charge in [-0.15, -0.1) is 0 Å². The number of piperazine rings is 1. The van der Waals surface area contributed by atoms with Crippen molar-refractivity contribution in [3.8, 4) is 0 Å². The number of carbonyl (C=O) groups excluding carboxylic acids is 1. The van der Waals surface area contributed by atoms with E-state index < -0.39 is 12.7 Å². The third-order valence-electron chi connectivity index (χ3n) is 3.25. The van der Waals surface area contributed by atoms with Crippen LogP contribution in [0.3, 0.4) is 0 Å². The summed E-state index contributed by atoms with van der Waals surface area (Å²) in [4.78, 5) is 18.5. The van der Waals surface area contributed by atoms with Crippen molar-refractivity contribution in [1.29, 1.82) is 0 Å². The van der Waals surface area contributed by atoms with E-state index in [4.69, 9.17) is 0 Å². The molecule has 1 aliphatic heterocycles. The van der Waals surface area contributed by atoms with Gasteiger partial charge in [-0.3, -0.25) is 14.7 Å². The highest BCUT2D eigenvalue weighted by Gasteiger charge is 2.32. The molecule has 1 aromatic rings. The number of hydrogen-bond donors (Lipinski definition) is 0. The molecule has 1 aromatic heterocycles. The average Bonchev–Trinajstić information content (AvgIpc) is 2.38. The van der Waals surface area contributed by atoms with Gasteiger partial charge in [0.2, 0.25) is 0 Å². The molecule has 0 aliphatic carbocycles. The van der Waals surface area contributed by atoms with Gasteiger partial charge in [-0.1, -0.05) is 0 Å². The van der Waals surface area contributed by atoms with Crippen molar-refractivity contribution in [3.63, 3.8) is 0 Å². The zero-order chi connectivity index (χ0) is 14.8.